The van der Waals surface area contributed by atoms with Crippen LogP contribution in [-0.2, 0) is 9.59 Å². The third kappa shape index (κ3) is 9.25. The Morgan fingerprint density at radius 1 is 1.20 bits per heavy atom. The van der Waals surface area contributed by atoms with Crippen LogP contribution in [0.3, 0.4) is 0 Å². The van der Waals surface area contributed by atoms with Crippen LogP contribution in [0.5, 0.6) is 0 Å². The minimum Gasteiger partial charge on any atom is -0.300 e. The SMILES string of the molecule is CC(=O)/C=C/CCC(F)(F)CCC(C)=O. The molecule has 0 heterocycles. The average Bonchev–Trinajstić information content (AvgIpc) is 2.09. The normalized spacial score (nSPS) is 12.0. The zero-order valence-electron chi connectivity index (χ0n) is 9.06. The van der Waals surface area contributed by atoms with Gasteiger partial charge in [0.05, 0.1) is 0 Å². The highest BCUT2D eigenvalue weighted by atomic mass is 19.3. The van der Waals surface area contributed by atoms with E-state index in [1.165, 1.54) is 26.0 Å². The smallest absolute Gasteiger partial charge is 0.248 e. The molecule has 0 saturated carbocycles. The summed E-state index contributed by atoms with van der Waals surface area (Å²) in [4.78, 5) is 21.0. The van der Waals surface area contributed by atoms with Gasteiger partial charge in [-0.05, 0) is 26.3 Å². The fourth-order valence-electron chi connectivity index (χ4n) is 1.03. The molecule has 86 valence electrons. The Bertz CT molecular complexity index is 257. The Hall–Kier alpha value is -1.06. The summed E-state index contributed by atoms with van der Waals surface area (Å²) in [6.07, 6.45) is 2.05. The predicted octanol–water partition coefficient (Wildman–Crippen LogP) is 2.92. The third-order valence-electron chi connectivity index (χ3n) is 1.87. The summed E-state index contributed by atoms with van der Waals surface area (Å²) in [5.74, 6) is -3.19. The molecular weight excluding hydrogens is 202 g/mol. The molecule has 0 unspecified atom stereocenters. The van der Waals surface area contributed by atoms with Crippen LogP contribution < -0.4 is 0 Å². The molecule has 0 atom stereocenters. The van der Waals surface area contributed by atoms with Gasteiger partial charge in [0.2, 0.25) is 5.92 Å². The second kappa shape index (κ2) is 6.43. The number of hydrogen-bond donors (Lipinski definition) is 0. The lowest BCUT2D eigenvalue weighted by Gasteiger charge is -2.13. The number of halogens is 2. The number of carbonyl (C=O) groups is 2. The van der Waals surface area contributed by atoms with Crippen molar-refractivity contribution in [2.24, 2.45) is 0 Å². The van der Waals surface area contributed by atoms with Crippen LogP contribution in [0.15, 0.2) is 12.2 Å². The van der Waals surface area contributed by atoms with Crippen molar-refractivity contribution in [3.63, 3.8) is 0 Å². The molecule has 0 aromatic rings. The maximum Gasteiger partial charge on any atom is 0.248 e. The Morgan fingerprint density at radius 3 is 2.27 bits per heavy atom. The number of alkyl halides is 2. The molecule has 0 rings (SSSR count). The molecule has 0 saturated heterocycles. The monoisotopic (exact) mass is 218 g/mol. The summed E-state index contributed by atoms with van der Waals surface area (Å²) < 4.78 is 26.1. The topological polar surface area (TPSA) is 34.1 Å². The molecule has 0 aliphatic carbocycles. The summed E-state index contributed by atoms with van der Waals surface area (Å²) in [5, 5.41) is 0. The fraction of sp³-hybridized carbons (Fsp3) is 0.636. The van der Waals surface area contributed by atoms with Crippen molar-refractivity contribution >= 4 is 11.6 Å². The molecule has 0 fully saturated rings. The number of ketones is 2. The Labute approximate surface area is 88.4 Å². The van der Waals surface area contributed by atoms with Crippen LogP contribution in [0.4, 0.5) is 8.78 Å². The van der Waals surface area contributed by atoms with Crippen LogP contribution in [-0.4, -0.2) is 17.5 Å². The molecule has 0 N–H and O–H groups in total. The first-order valence-electron chi connectivity index (χ1n) is 4.88. The zero-order valence-corrected chi connectivity index (χ0v) is 9.06. The maximum atomic E-state index is 13.0. The van der Waals surface area contributed by atoms with Gasteiger partial charge in [0, 0.05) is 19.3 Å². The first kappa shape index (κ1) is 13.9. The molecule has 2 nitrogen and oxygen atoms in total. The summed E-state index contributed by atoms with van der Waals surface area (Å²) in [6.45, 7) is 2.66. The van der Waals surface area contributed by atoms with E-state index in [-0.39, 0.29) is 30.8 Å². The van der Waals surface area contributed by atoms with Gasteiger partial charge < -0.3 is 4.79 Å². The second-order valence-electron chi connectivity index (χ2n) is 3.61. The number of carbonyl (C=O) groups excluding carboxylic acids is 2. The van der Waals surface area contributed by atoms with Crippen molar-refractivity contribution < 1.29 is 18.4 Å². The number of hydrogen-bond acceptors (Lipinski definition) is 2. The highest BCUT2D eigenvalue weighted by Gasteiger charge is 2.27. The van der Waals surface area contributed by atoms with E-state index in [0.29, 0.717) is 0 Å². The lowest BCUT2D eigenvalue weighted by molar-refractivity contribution is -0.119. The van der Waals surface area contributed by atoms with Gasteiger partial charge in [0.1, 0.15) is 5.78 Å². The molecule has 0 amide bonds. The highest BCUT2D eigenvalue weighted by Crippen LogP contribution is 2.26. The van der Waals surface area contributed by atoms with Gasteiger partial charge in [-0.25, -0.2) is 8.78 Å². The summed E-state index contributed by atoms with van der Waals surface area (Å²) in [6, 6.07) is 0. The van der Waals surface area contributed by atoms with Crippen LogP contribution in [0.1, 0.15) is 39.5 Å². The van der Waals surface area contributed by atoms with Crippen LogP contribution >= 0.6 is 0 Å². The molecule has 0 bridgehead atoms. The van der Waals surface area contributed by atoms with E-state index in [9.17, 15) is 18.4 Å². The van der Waals surface area contributed by atoms with Crippen LogP contribution in [0, 0.1) is 0 Å². The minimum absolute atomic E-state index is 0.0938. The van der Waals surface area contributed by atoms with E-state index >= 15 is 0 Å². The van der Waals surface area contributed by atoms with Crippen molar-refractivity contribution in [2.75, 3.05) is 0 Å². The number of rotatable bonds is 7. The van der Waals surface area contributed by atoms with Gasteiger partial charge in [0.25, 0.3) is 0 Å². The van der Waals surface area contributed by atoms with Crippen molar-refractivity contribution in [1.82, 2.24) is 0 Å². The first-order chi connectivity index (χ1) is 6.83. The average molecular weight is 218 g/mol. The van der Waals surface area contributed by atoms with Crippen molar-refractivity contribution in [3.05, 3.63) is 12.2 Å². The van der Waals surface area contributed by atoms with Crippen molar-refractivity contribution in [2.45, 2.75) is 45.5 Å². The van der Waals surface area contributed by atoms with Crippen LogP contribution in [0.25, 0.3) is 0 Å². The maximum absolute atomic E-state index is 13.0. The standard InChI is InChI=1S/C11H16F2O2/c1-9(14)5-3-4-7-11(12,13)8-6-10(2)15/h3,5H,4,6-8H2,1-2H3/b5-3+. The molecule has 4 heteroatoms. The first-order valence-corrected chi connectivity index (χ1v) is 4.88. The van der Waals surface area contributed by atoms with Gasteiger partial charge in [-0.2, -0.15) is 0 Å². The lowest BCUT2D eigenvalue weighted by Crippen LogP contribution is -2.16. The third-order valence-corrected chi connectivity index (χ3v) is 1.87. The van der Waals surface area contributed by atoms with Crippen LogP contribution in [0.2, 0.25) is 0 Å². The summed E-state index contributed by atoms with van der Waals surface area (Å²) >= 11 is 0. The van der Waals surface area contributed by atoms with Gasteiger partial charge in [-0.1, -0.05) is 6.08 Å². The van der Waals surface area contributed by atoms with E-state index in [2.05, 4.69) is 0 Å². The quantitative estimate of drug-likeness (QED) is 0.616. The predicted molar refractivity (Wildman–Crippen MR) is 53.9 cm³/mol. The summed E-state index contributed by atoms with van der Waals surface area (Å²) in [5.41, 5.74) is 0. The molecule has 0 aliphatic heterocycles. The molecule has 0 radical (unpaired) electrons. The Kier molecular flexibility index (Phi) is 5.97. The number of Topliss-reactive ketones (excluding diaryl/α,β-unsaturated/α-hetero) is 1. The molecule has 0 aromatic carbocycles. The molecule has 0 spiro atoms. The summed E-state index contributed by atoms with van der Waals surface area (Å²) in [7, 11) is 0. The second-order valence-corrected chi connectivity index (χ2v) is 3.61. The van der Waals surface area contributed by atoms with Gasteiger partial charge in [0.15, 0.2) is 5.78 Å². The Balaban J connectivity index is 3.83. The zero-order chi connectivity index (χ0) is 11.9. The van der Waals surface area contributed by atoms with Gasteiger partial charge >= 0.3 is 0 Å². The lowest BCUT2D eigenvalue weighted by atomic mass is 10.1. The van der Waals surface area contributed by atoms with E-state index in [4.69, 9.17) is 0 Å². The Morgan fingerprint density at radius 2 is 1.80 bits per heavy atom. The van der Waals surface area contributed by atoms with E-state index in [0.717, 1.165) is 0 Å². The van der Waals surface area contributed by atoms with Crippen molar-refractivity contribution in [3.8, 4) is 0 Å². The van der Waals surface area contributed by atoms with Gasteiger partial charge in [-0.3, -0.25) is 4.79 Å². The van der Waals surface area contributed by atoms with Gasteiger partial charge in [-0.15, -0.1) is 0 Å². The molecular formula is C11H16F2O2. The van der Waals surface area contributed by atoms with E-state index in [1.807, 2.05) is 0 Å². The minimum atomic E-state index is -2.81. The fourth-order valence-corrected chi connectivity index (χ4v) is 1.03. The molecule has 0 aliphatic rings. The highest BCUT2D eigenvalue weighted by molar-refractivity contribution is 5.87. The largest absolute Gasteiger partial charge is 0.300 e. The van der Waals surface area contributed by atoms with Crippen molar-refractivity contribution in [1.29, 1.82) is 0 Å². The number of allylic oxidation sites excluding steroid dienone is 2. The van der Waals surface area contributed by atoms with E-state index < -0.39 is 12.3 Å². The molecule has 0 aromatic heterocycles. The molecule has 15 heavy (non-hydrogen) atoms. The van der Waals surface area contributed by atoms with E-state index in [1.54, 1.807) is 0 Å².